The minimum absolute atomic E-state index is 0.0405. The number of nitro benzene ring substituents is 1. The van der Waals surface area contributed by atoms with Gasteiger partial charge in [0.25, 0.3) is 5.69 Å². The molecule has 2 aromatic rings. The molecule has 0 atom stereocenters. The Morgan fingerprint density at radius 1 is 1.14 bits per heavy atom. The molecule has 0 amide bonds. The van der Waals surface area contributed by atoms with Crippen LogP contribution in [-0.4, -0.2) is 12.0 Å². The minimum Gasteiger partial charge on any atom is -0.493 e. The molecule has 2 rings (SSSR count). The number of hydrogen-bond donors (Lipinski definition) is 1. The van der Waals surface area contributed by atoms with Crippen LogP contribution in [0, 0.1) is 10.1 Å². The number of rotatable bonds is 6. The van der Waals surface area contributed by atoms with Crippen molar-refractivity contribution in [2.75, 3.05) is 7.11 Å². The van der Waals surface area contributed by atoms with Gasteiger partial charge in [-0.1, -0.05) is 18.2 Å². The number of nitro groups is 1. The largest absolute Gasteiger partial charge is 0.493 e. The van der Waals surface area contributed by atoms with Crippen LogP contribution in [0.25, 0.3) is 0 Å². The Bertz CT molecular complexity index is 643. The number of nitrogens with two attached hydrogens (primary N) is 1. The van der Waals surface area contributed by atoms with E-state index < -0.39 is 4.92 Å². The Hall–Kier alpha value is -2.60. The summed E-state index contributed by atoms with van der Waals surface area (Å²) in [6.45, 7) is 0.614. The summed E-state index contributed by atoms with van der Waals surface area (Å²) >= 11 is 0. The zero-order valence-corrected chi connectivity index (χ0v) is 11.6. The average molecular weight is 288 g/mol. The molecule has 0 aromatic heterocycles. The van der Waals surface area contributed by atoms with Gasteiger partial charge < -0.3 is 15.2 Å². The summed E-state index contributed by atoms with van der Waals surface area (Å²) < 4.78 is 10.9. The zero-order chi connectivity index (χ0) is 15.2. The molecule has 0 spiro atoms. The second-order valence-electron chi connectivity index (χ2n) is 4.41. The highest BCUT2D eigenvalue weighted by molar-refractivity contribution is 5.43. The molecule has 6 nitrogen and oxygen atoms in total. The maximum Gasteiger partial charge on any atom is 0.269 e. The van der Waals surface area contributed by atoms with Crippen molar-refractivity contribution in [3.8, 4) is 11.5 Å². The van der Waals surface area contributed by atoms with Crippen molar-refractivity contribution < 1.29 is 14.4 Å². The predicted molar refractivity (Wildman–Crippen MR) is 78.3 cm³/mol. The molecular weight excluding hydrogens is 272 g/mol. The fraction of sp³-hybridized carbons (Fsp3) is 0.200. The van der Waals surface area contributed by atoms with Crippen molar-refractivity contribution in [3.05, 3.63) is 63.7 Å². The summed E-state index contributed by atoms with van der Waals surface area (Å²) in [5.74, 6) is 1.16. The Labute approximate surface area is 122 Å². The van der Waals surface area contributed by atoms with Gasteiger partial charge in [0.05, 0.1) is 12.0 Å². The van der Waals surface area contributed by atoms with E-state index in [4.69, 9.17) is 15.2 Å². The summed E-state index contributed by atoms with van der Waals surface area (Å²) in [6, 6.07) is 11.8. The van der Waals surface area contributed by atoms with E-state index in [0.29, 0.717) is 23.6 Å². The molecule has 0 unspecified atom stereocenters. The summed E-state index contributed by atoms with van der Waals surface area (Å²) in [4.78, 5) is 10.3. The minimum atomic E-state index is -0.431. The number of ether oxygens (including phenoxy) is 2. The normalized spacial score (nSPS) is 10.2. The van der Waals surface area contributed by atoms with E-state index in [1.165, 1.54) is 12.1 Å². The zero-order valence-electron chi connectivity index (χ0n) is 11.6. The molecule has 2 N–H and O–H groups in total. The second kappa shape index (κ2) is 6.71. The lowest BCUT2D eigenvalue weighted by molar-refractivity contribution is -0.384. The Morgan fingerprint density at radius 2 is 1.95 bits per heavy atom. The first kappa shape index (κ1) is 14.8. The van der Waals surface area contributed by atoms with Crippen LogP contribution in [-0.2, 0) is 13.2 Å². The molecule has 21 heavy (non-hydrogen) atoms. The number of non-ortho nitro benzene ring substituents is 1. The van der Waals surface area contributed by atoms with Crippen LogP contribution in [0.2, 0.25) is 0 Å². The molecule has 0 aliphatic heterocycles. The lowest BCUT2D eigenvalue weighted by Crippen LogP contribution is -2.01. The van der Waals surface area contributed by atoms with E-state index in [1.807, 2.05) is 6.07 Å². The molecular formula is C15H16N2O4. The van der Waals surface area contributed by atoms with Gasteiger partial charge in [-0.2, -0.15) is 0 Å². The predicted octanol–water partition coefficient (Wildman–Crippen LogP) is 2.64. The summed E-state index contributed by atoms with van der Waals surface area (Å²) in [7, 11) is 1.55. The van der Waals surface area contributed by atoms with Gasteiger partial charge >= 0.3 is 0 Å². The first-order valence-corrected chi connectivity index (χ1v) is 6.37. The monoisotopic (exact) mass is 288 g/mol. The molecule has 0 saturated carbocycles. The van der Waals surface area contributed by atoms with Gasteiger partial charge in [-0.3, -0.25) is 10.1 Å². The van der Waals surface area contributed by atoms with Gasteiger partial charge in [0.1, 0.15) is 6.61 Å². The number of nitrogens with zero attached hydrogens (tertiary/aromatic N) is 1. The highest BCUT2D eigenvalue weighted by atomic mass is 16.6. The van der Waals surface area contributed by atoms with Crippen LogP contribution in [0.1, 0.15) is 11.1 Å². The van der Waals surface area contributed by atoms with E-state index in [1.54, 1.807) is 31.4 Å². The van der Waals surface area contributed by atoms with E-state index in [0.717, 1.165) is 5.56 Å². The third-order valence-corrected chi connectivity index (χ3v) is 2.98. The molecule has 0 fully saturated rings. The van der Waals surface area contributed by atoms with Gasteiger partial charge in [0, 0.05) is 18.7 Å². The maximum atomic E-state index is 10.7. The molecule has 6 heteroatoms. The topological polar surface area (TPSA) is 87.6 Å². The Morgan fingerprint density at radius 3 is 2.62 bits per heavy atom. The van der Waals surface area contributed by atoms with Crippen molar-refractivity contribution in [2.45, 2.75) is 13.2 Å². The molecule has 0 aliphatic rings. The van der Waals surface area contributed by atoms with Crippen LogP contribution >= 0.6 is 0 Å². The quantitative estimate of drug-likeness (QED) is 0.652. The first-order valence-electron chi connectivity index (χ1n) is 6.37. The van der Waals surface area contributed by atoms with E-state index >= 15 is 0 Å². The van der Waals surface area contributed by atoms with Crippen LogP contribution < -0.4 is 15.2 Å². The third-order valence-electron chi connectivity index (χ3n) is 2.98. The lowest BCUT2D eigenvalue weighted by atomic mass is 10.2. The molecule has 0 heterocycles. The molecule has 0 radical (unpaired) electrons. The summed E-state index contributed by atoms with van der Waals surface area (Å²) in [6.07, 6.45) is 0. The number of hydrogen-bond acceptors (Lipinski definition) is 5. The second-order valence-corrected chi connectivity index (χ2v) is 4.41. The molecule has 0 bridgehead atoms. The SMILES string of the molecule is COc1ccc(CN)cc1OCc1cccc([N+](=O)[O-])c1. The van der Waals surface area contributed by atoms with Crippen LogP contribution in [0.4, 0.5) is 5.69 Å². The fourth-order valence-electron chi connectivity index (χ4n) is 1.88. The van der Waals surface area contributed by atoms with Gasteiger partial charge in [0.2, 0.25) is 0 Å². The summed E-state index contributed by atoms with van der Waals surface area (Å²) in [5.41, 5.74) is 7.27. The average Bonchev–Trinajstić information content (AvgIpc) is 2.52. The van der Waals surface area contributed by atoms with E-state index in [2.05, 4.69) is 0 Å². The van der Waals surface area contributed by atoms with Crippen molar-refractivity contribution in [2.24, 2.45) is 5.73 Å². The van der Waals surface area contributed by atoms with Gasteiger partial charge in [-0.05, 0) is 23.3 Å². The number of methoxy groups -OCH3 is 1. The molecule has 110 valence electrons. The van der Waals surface area contributed by atoms with Gasteiger partial charge in [-0.25, -0.2) is 0 Å². The van der Waals surface area contributed by atoms with E-state index in [-0.39, 0.29) is 12.3 Å². The lowest BCUT2D eigenvalue weighted by Gasteiger charge is -2.12. The maximum absolute atomic E-state index is 10.7. The smallest absolute Gasteiger partial charge is 0.269 e. The standard InChI is InChI=1S/C15H16N2O4/c1-20-14-6-5-11(9-16)8-15(14)21-10-12-3-2-4-13(7-12)17(18)19/h2-8H,9-10,16H2,1H3. The van der Waals surface area contributed by atoms with Crippen LogP contribution in [0.5, 0.6) is 11.5 Å². The Balaban J connectivity index is 2.15. The molecule has 2 aromatic carbocycles. The van der Waals surface area contributed by atoms with Gasteiger partial charge in [-0.15, -0.1) is 0 Å². The van der Waals surface area contributed by atoms with Crippen molar-refractivity contribution in [3.63, 3.8) is 0 Å². The van der Waals surface area contributed by atoms with Crippen LogP contribution in [0.3, 0.4) is 0 Å². The van der Waals surface area contributed by atoms with Gasteiger partial charge in [0.15, 0.2) is 11.5 Å². The molecule has 0 aliphatic carbocycles. The third kappa shape index (κ3) is 3.70. The van der Waals surface area contributed by atoms with E-state index in [9.17, 15) is 10.1 Å². The first-order chi connectivity index (χ1) is 10.1. The van der Waals surface area contributed by atoms with Crippen molar-refractivity contribution >= 4 is 5.69 Å². The highest BCUT2D eigenvalue weighted by Crippen LogP contribution is 2.29. The molecule has 0 saturated heterocycles. The van der Waals surface area contributed by atoms with Crippen LogP contribution in [0.15, 0.2) is 42.5 Å². The fourth-order valence-corrected chi connectivity index (χ4v) is 1.88. The Kier molecular flexibility index (Phi) is 4.73. The van der Waals surface area contributed by atoms with Crippen molar-refractivity contribution in [1.29, 1.82) is 0 Å². The van der Waals surface area contributed by atoms with Crippen molar-refractivity contribution in [1.82, 2.24) is 0 Å². The number of benzene rings is 2. The summed E-state index contributed by atoms with van der Waals surface area (Å²) in [5, 5.41) is 10.7. The highest BCUT2D eigenvalue weighted by Gasteiger charge is 2.08.